The Morgan fingerprint density at radius 1 is 1.53 bits per heavy atom. The summed E-state index contributed by atoms with van der Waals surface area (Å²) in [5.41, 5.74) is -0.430. The van der Waals surface area contributed by atoms with E-state index in [0.717, 1.165) is 32.1 Å². The Bertz CT molecular complexity index is 297. The molecule has 1 N–H and O–H groups in total. The molecule has 2 aliphatic carbocycles. The monoisotopic (exact) mass is 210 g/mol. The molecule has 3 atom stereocenters. The molecule has 2 rings (SSSR count). The molecule has 2 aliphatic rings. The molecule has 0 heterocycles. The minimum absolute atomic E-state index is 0.166. The molecule has 0 radical (unpaired) electrons. The summed E-state index contributed by atoms with van der Waals surface area (Å²) < 4.78 is 0. The third-order valence-corrected chi connectivity index (χ3v) is 4.17. The number of fused-ring (bicyclic) bond motifs is 1. The number of hydrogen-bond acceptors (Lipinski definition) is 2. The van der Waals surface area contributed by atoms with Crippen molar-refractivity contribution in [1.29, 1.82) is 0 Å². The maximum absolute atomic E-state index is 11.8. The largest absolute Gasteiger partial charge is 0.481 e. The molecule has 3 heteroatoms. The average Bonchev–Trinajstić information content (AvgIpc) is 2.74. The molecule has 2 fully saturated rings. The number of carboxylic acids is 1. The smallest absolute Gasteiger partial charge is 0.307 e. The number of ketones is 1. The highest BCUT2D eigenvalue weighted by atomic mass is 16.4. The molecule has 84 valence electrons. The van der Waals surface area contributed by atoms with Crippen LogP contribution in [-0.2, 0) is 9.59 Å². The fourth-order valence-electron chi connectivity index (χ4n) is 3.38. The molecule has 15 heavy (non-hydrogen) atoms. The zero-order valence-corrected chi connectivity index (χ0v) is 9.16. The van der Waals surface area contributed by atoms with Crippen molar-refractivity contribution in [2.45, 2.75) is 45.4 Å². The maximum Gasteiger partial charge on any atom is 0.307 e. The molecule has 0 saturated heterocycles. The van der Waals surface area contributed by atoms with E-state index in [4.69, 9.17) is 5.11 Å². The summed E-state index contributed by atoms with van der Waals surface area (Å²) >= 11 is 0. The van der Waals surface area contributed by atoms with Crippen LogP contribution in [0.25, 0.3) is 0 Å². The van der Waals surface area contributed by atoms with E-state index in [-0.39, 0.29) is 17.6 Å². The van der Waals surface area contributed by atoms with Gasteiger partial charge in [-0.25, -0.2) is 0 Å². The molecular weight excluding hydrogens is 192 g/mol. The first-order valence-corrected chi connectivity index (χ1v) is 5.90. The van der Waals surface area contributed by atoms with Gasteiger partial charge in [0, 0.05) is 11.8 Å². The van der Waals surface area contributed by atoms with Gasteiger partial charge in [0.1, 0.15) is 5.78 Å². The van der Waals surface area contributed by atoms with E-state index in [1.807, 2.05) is 0 Å². The van der Waals surface area contributed by atoms with Gasteiger partial charge in [-0.2, -0.15) is 0 Å². The van der Waals surface area contributed by atoms with Crippen molar-refractivity contribution in [2.75, 3.05) is 0 Å². The van der Waals surface area contributed by atoms with Crippen molar-refractivity contribution >= 4 is 11.8 Å². The van der Waals surface area contributed by atoms with Gasteiger partial charge in [0.2, 0.25) is 0 Å². The number of rotatable bonds is 5. The molecule has 0 aromatic rings. The summed E-state index contributed by atoms with van der Waals surface area (Å²) in [5, 5.41) is 9.05. The molecule has 3 nitrogen and oxygen atoms in total. The first-order valence-electron chi connectivity index (χ1n) is 5.90. The van der Waals surface area contributed by atoms with Crippen LogP contribution in [0.3, 0.4) is 0 Å². The Morgan fingerprint density at radius 3 is 2.80 bits per heavy atom. The summed E-state index contributed by atoms with van der Waals surface area (Å²) in [4.78, 5) is 22.8. The van der Waals surface area contributed by atoms with Crippen LogP contribution in [0.5, 0.6) is 0 Å². The second-order valence-electron chi connectivity index (χ2n) is 4.88. The van der Waals surface area contributed by atoms with Gasteiger partial charge in [-0.05, 0) is 18.8 Å². The van der Waals surface area contributed by atoms with E-state index < -0.39 is 11.4 Å². The van der Waals surface area contributed by atoms with Crippen LogP contribution in [0.15, 0.2) is 0 Å². The highest BCUT2D eigenvalue weighted by Gasteiger charge is 2.73. The summed E-state index contributed by atoms with van der Waals surface area (Å²) in [5.74, 6) is -0.726. The van der Waals surface area contributed by atoms with Gasteiger partial charge in [-0.1, -0.05) is 26.2 Å². The van der Waals surface area contributed by atoms with Crippen molar-refractivity contribution in [3.05, 3.63) is 0 Å². The number of carbonyl (C=O) groups excluding carboxylic acids is 1. The predicted octanol–water partition coefficient (Wildman–Crippen LogP) is 2.25. The topological polar surface area (TPSA) is 54.4 Å². The fraction of sp³-hybridized carbons (Fsp3) is 0.833. The van der Waals surface area contributed by atoms with Crippen molar-refractivity contribution < 1.29 is 14.7 Å². The molecule has 0 aromatic carbocycles. The quantitative estimate of drug-likeness (QED) is 0.708. The minimum atomic E-state index is -0.760. The second-order valence-corrected chi connectivity index (χ2v) is 4.88. The number of Topliss-reactive ketones (excluding diaryl/α,β-unsaturated/α-hetero) is 1. The summed E-state index contributed by atoms with van der Waals surface area (Å²) in [6.07, 6.45) is 5.45. The summed E-state index contributed by atoms with van der Waals surface area (Å²) in [7, 11) is 0. The van der Waals surface area contributed by atoms with Gasteiger partial charge < -0.3 is 5.11 Å². The van der Waals surface area contributed by atoms with E-state index in [2.05, 4.69) is 6.92 Å². The highest BCUT2D eigenvalue weighted by molar-refractivity contribution is 5.98. The number of carboxylic acid groups (broad SMARTS) is 1. The second kappa shape index (κ2) is 3.62. The lowest BCUT2D eigenvalue weighted by Crippen LogP contribution is -2.19. The molecule has 0 bridgehead atoms. The van der Waals surface area contributed by atoms with Crippen LogP contribution < -0.4 is 0 Å². The summed E-state index contributed by atoms with van der Waals surface area (Å²) in [6.45, 7) is 2.12. The molecule has 0 spiro atoms. The lowest BCUT2D eigenvalue weighted by atomic mass is 9.91. The number of aliphatic carboxylic acids is 1. The number of carbonyl (C=O) groups is 2. The molecule has 0 amide bonds. The lowest BCUT2D eigenvalue weighted by molar-refractivity contribution is -0.142. The summed E-state index contributed by atoms with van der Waals surface area (Å²) in [6, 6.07) is 0. The van der Waals surface area contributed by atoms with Crippen LogP contribution in [0.1, 0.15) is 45.4 Å². The molecular formula is C12H18O3. The van der Waals surface area contributed by atoms with E-state index in [1.165, 1.54) is 0 Å². The Hall–Kier alpha value is -0.860. The normalized spacial score (nSPS) is 37.8. The average molecular weight is 210 g/mol. The lowest BCUT2D eigenvalue weighted by Gasteiger charge is -2.11. The van der Waals surface area contributed by atoms with Crippen LogP contribution in [-0.4, -0.2) is 16.9 Å². The standard InChI is InChI=1S/C12H18O3/c1-2-3-4-7-12-8(5-6-9(12)13)10(12)11(14)15/h8,10H,2-7H2,1H3,(H,14,15)/t8-,10-,12-/m1/s1. The first kappa shape index (κ1) is 10.7. The van der Waals surface area contributed by atoms with Crippen LogP contribution in [0.2, 0.25) is 0 Å². The molecule has 2 saturated carbocycles. The van der Waals surface area contributed by atoms with Gasteiger partial charge in [-0.3, -0.25) is 9.59 Å². The molecule has 0 unspecified atom stereocenters. The third-order valence-electron chi connectivity index (χ3n) is 4.17. The van der Waals surface area contributed by atoms with E-state index >= 15 is 0 Å². The van der Waals surface area contributed by atoms with Gasteiger partial charge in [0.25, 0.3) is 0 Å². The Labute approximate surface area is 89.9 Å². The molecule has 0 aromatic heterocycles. The van der Waals surface area contributed by atoms with Gasteiger partial charge in [0.15, 0.2) is 0 Å². The number of hydrogen-bond donors (Lipinski definition) is 1. The van der Waals surface area contributed by atoms with Crippen LogP contribution in [0, 0.1) is 17.3 Å². The number of unbranched alkanes of at least 4 members (excludes halogenated alkanes) is 2. The van der Waals surface area contributed by atoms with E-state index in [9.17, 15) is 9.59 Å². The zero-order valence-electron chi connectivity index (χ0n) is 9.16. The van der Waals surface area contributed by atoms with Crippen molar-refractivity contribution in [1.82, 2.24) is 0 Å². The fourth-order valence-corrected chi connectivity index (χ4v) is 3.38. The predicted molar refractivity (Wildman–Crippen MR) is 55.4 cm³/mol. The Balaban J connectivity index is 2.03. The van der Waals surface area contributed by atoms with Crippen molar-refractivity contribution in [2.24, 2.45) is 17.3 Å². The third kappa shape index (κ3) is 1.40. The van der Waals surface area contributed by atoms with Gasteiger partial charge in [-0.15, -0.1) is 0 Å². The SMILES string of the molecule is CCCCC[C@]12C(=O)CC[C@@H]1[C@@H]2C(=O)O. The Morgan fingerprint density at radius 2 is 2.27 bits per heavy atom. The highest BCUT2D eigenvalue weighted by Crippen LogP contribution is 2.68. The van der Waals surface area contributed by atoms with Gasteiger partial charge >= 0.3 is 5.97 Å². The zero-order chi connectivity index (χ0) is 11.1. The minimum Gasteiger partial charge on any atom is -0.481 e. The van der Waals surface area contributed by atoms with Crippen molar-refractivity contribution in [3.63, 3.8) is 0 Å². The van der Waals surface area contributed by atoms with Crippen LogP contribution >= 0.6 is 0 Å². The van der Waals surface area contributed by atoms with Crippen LogP contribution in [0.4, 0.5) is 0 Å². The molecule has 0 aliphatic heterocycles. The van der Waals surface area contributed by atoms with E-state index in [1.54, 1.807) is 0 Å². The first-order chi connectivity index (χ1) is 7.14. The van der Waals surface area contributed by atoms with Crippen molar-refractivity contribution in [3.8, 4) is 0 Å². The van der Waals surface area contributed by atoms with Gasteiger partial charge in [0.05, 0.1) is 5.92 Å². The van der Waals surface area contributed by atoms with E-state index in [0.29, 0.717) is 6.42 Å². The maximum atomic E-state index is 11.8. The Kier molecular flexibility index (Phi) is 2.57.